The molecule has 1 heterocycles. The number of halogens is 1. The zero-order valence-electron chi connectivity index (χ0n) is 18.1. The Morgan fingerprint density at radius 3 is 2.41 bits per heavy atom. The first-order valence-corrected chi connectivity index (χ1v) is 11.0. The monoisotopic (exact) mass is 481 g/mol. The van der Waals surface area contributed by atoms with E-state index in [0.717, 1.165) is 10.0 Å². The van der Waals surface area contributed by atoms with Gasteiger partial charge in [-0.3, -0.25) is 29.3 Å². The van der Waals surface area contributed by atoms with Crippen molar-refractivity contribution in [2.75, 3.05) is 6.54 Å². The van der Waals surface area contributed by atoms with Crippen LogP contribution in [0.5, 0.6) is 0 Å². The van der Waals surface area contributed by atoms with Crippen LogP contribution in [0.3, 0.4) is 0 Å². The summed E-state index contributed by atoms with van der Waals surface area (Å²) in [5.74, 6) is -3.94. The molecule has 0 radical (unpaired) electrons. The van der Waals surface area contributed by atoms with E-state index in [-0.39, 0.29) is 27.8 Å². The van der Waals surface area contributed by atoms with Gasteiger partial charge in [0.2, 0.25) is 0 Å². The van der Waals surface area contributed by atoms with Crippen LogP contribution in [0.4, 0.5) is 5.69 Å². The third-order valence-corrected chi connectivity index (χ3v) is 6.45. The van der Waals surface area contributed by atoms with Gasteiger partial charge in [-0.1, -0.05) is 42.8 Å². The lowest BCUT2D eigenvalue weighted by atomic mass is 9.78. The maximum Gasteiger partial charge on any atom is 0.274 e. The summed E-state index contributed by atoms with van der Waals surface area (Å²) in [6.07, 6.45) is 4.06. The summed E-state index contributed by atoms with van der Waals surface area (Å²) in [4.78, 5) is 63.4. The molecule has 2 aliphatic rings. The number of benzene rings is 2. The molecule has 2 aromatic rings. The number of Topliss-reactive ketones (excluding diaryl/α,β-unsaturated/α-hetero) is 1. The second-order valence-corrected chi connectivity index (χ2v) is 8.62. The van der Waals surface area contributed by atoms with Crippen LogP contribution in [0.15, 0.2) is 60.7 Å². The number of hydrazine groups is 1. The fourth-order valence-corrected chi connectivity index (χ4v) is 4.59. The molecule has 0 bridgehead atoms. The molecular weight excluding hydrogens is 462 g/mol. The Labute approximate surface area is 199 Å². The van der Waals surface area contributed by atoms with Crippen LogP contribution in [0.25, 0.3) is 0 Å². The van der Waals surface area contributed by atoms with Crippen molar-refractivity contribution in [1.29, 1.82) is 0 Å². The lowest BCUT2D eigenvalue weighted by molar-refractivity contribution is -0.384. The van der Waals surface area contributed by atoms with E-state index in [1.165, 1.54) is 36.4 Å². The number of carbonyl (C=O) groups is 4. The summed E-state index contributed by atoms with van der Waals surface area (Å²) in [7, 11) is 0. The maximum atomic E-state index is 13.5. The van der Waals surface area contributed by atoms with Gasteiger partial charge in [0, 0.05) is 17.7 Å². The number of nitro benzene ring substituents is 1. The van der Waals surface area contributed by atoms with Crippen molar-refractivity contribution >= 4 is 40.8 Å². The summed E-state index contributed by atoms with van der Waals surface area (Å²) in [6.45, 7) is 1.20. The van der Waals surface area contributed by atoms with Crippen LogP contribution in [-0.2, 0) is 9.59 Å². The fraction of sp³-hybridized carbons (Fsp3) is 0.250. The smallest absolute Gasteiger partial charge is 0.274 e. The first-order chi connectivity index (χ1) is 16.2. The average molecular weight is 482 g/mol. The molecule has 174 valence electrons. The van der Waals surface area contributed by atoms with Gasteiger partial charge in [-0.2, -0.15) is 5.01 Å². The van der Waals surface area contributed by atoms with Crippen molar-refractivity contribution in [2.24, 2.45) is 17.8 Å². The third kappa shape index (κ3) is 4.10. The van der Waals surface area contributed by atoms with E-state index in [4.69, 9.17) is 11.6 Å². The predicted molar refractivity (Wildman–Crippen MR) is 122 cm³/mol. The van der Waals surface area contributed by atoms with Gasteiger partial charge in [0.1, 0.15) is 6.54 Å². The van der Waals surface area contributed by atoms with E-state index >= 15 is 0 Å². The summed E-state index contributed by atoms with van der Waals surface area (Å²) >= 11 is 6.19. The normalized spacial score (nSPS) is 21.4. The number of non-ortho nitro benzene ring substituents is 1. The molecule has 4 rings (SSSR count). The first-order valence-electron chi connectivity index (χ1n) is 10.6. The molecule has 0 saturated carbocycles. The second-order valence-electron chi connectivity index (χ2n) is 8.21. The topological polar surface area (TPSA) is 118 Å². The van der Waals surface area contributed by atoms with Crippen molar-refractivity contribution < 1.29 is 24.1 Å². The zero-order chi connectivity index (χ0) is 24.6. The summed E-state index contributed by atoms with van der Waals surface area (Å²) in [6, 6.07) is 11.0. The molecule has 0 aromatic heterocycles. The van der Waals surface area contributed by atoms with Gasteiger partial charge in [-0.15, -0.1) is 0 Å². The van der Waals surface area contributed by atoms with E-state index in [1.807, 2.05) is 19.1 Å². The Kier molecular flexibility index (Phi) is 6.30. The Hall–Kier alpha value is -3.85. The molecule has 2 aromatic carbocycles. The van der Waals surface area contributed by atoms with Gasteiger partial charge >= 0.3 is 0 Å². The van der Waals surface area contributed by atoms with Gasteiger partial charge in [-0.05, 0) is 36.6 Å². The number of hydrogen-bond donors (Lipinski definition) is 0. The number of hydrogen-bond acceptors (Lipinski definition) is 6. The number of imide groups is 1. The predicted octanol–water partition coefficient (Wildman–Crippen LogP) is 3.69. The van der Waals surface area contributed by atoms with Crippen LogP contribution < -0.4 is 0 Å². The molecule has 0 unspecified atom stereocenters. The van der Waals surface area contributed by atoms with Crippen molar-refractivity contribution in [3.63, 3.8) is 0 Å². The Balaban J connectivity index is 1.70. The van der Waals surface area contributed by atoms with Gasteiger partial charge < -0.3 is 0 Å². The van der Waals surface area contributed by atoms with Crippen molar-refractivity contribution in [2.45, 2.75) is 13.3 Å². The van der Waals surface area contributed by atoms with Crippen molar-refractivity contribution in [1.82, 2.24) is 10.0 Å². The van der Waals surface area contributed by atoms with Gasteiger partial charge in [-0.25, -0.2) is 5.01 Å². The highest BCUT2D eigenvalue weighted by atomic mass is 35.5. The third-order valence-electron chi connectivity index (χ3n) is 6.12. The molecule has 9 nitrogen and oxygen atoms in total. The Morgan fingerprint density at radius 2 is 1.79 bits per heavy atom. The standard InChI is InChI=1S/C24H20ClN3O6/c1-14-5-4-7-18-21(14)24(32)27(23(18)31)26(22(30)17-6-2-3-8-19(17)25)13-20(29)15-9-11-16(12-10-15)28(33)34/h2-6,8-12,14,18,21H,7,13H2,1H3/t14-,18-,21-/m1/s1. The van der Waals surface area contributed by atoms with Crippen LogP contribution >= 0.6 is 11.6 Å². The number of nitro groups is 1. The van der Waals surface area contributed by atoms with Crippen LogP contribution in [0.2, 0.25) is 5.02 Å². The molecule has 3 atom stereocenters. The van der Waals surface area contributed by atoms with E-state index < -0.39 is 46.8 Å². The molecule has 3 amide bonds. The molecule has 0 N–H and O–H groups in total. The number of carbonyl (C=O) groups excluding carboxylic acids is 4. The first kappa shape index (κ1) is 23.3. The van der Waals surface area contributed by atoms with Crippen molar-refractivity contribution in [3.8, 4) is 0 Å². The lowest BCUT2D eigenvalue weighted by Gasteiger charge is -2.30. The maximum absolute atomic E-state index is 13.5. The number of fused-ring (bicyclic) bond motifs is 1. The number of nitrogens with zero attached hydrogens (tertiary/aromatic N) is 3. The second kappa shape index (κ2) is 9.18. The minimum Gasteiger partial charge on any atom is -0.292 e. The van der Waals surface area contributed by atoms with E-state index in [2.05, 4.69) is 0 Å². The van der Waals surface area contributed by atoms with Gasteiger partial charge in [0.25, 0.3) is 23.4 Å². The van der Waals surface area contributed by atoms with Crippen LogP contribution in [-0.4, -0.2) is 45.0 Å². The molecular formula is C24H20ClN3O6. The molecule has 1 fully saturated rings. The number of amides is 3. The van der Waals surface area contributed by atoms with E-state index in [9.17, 15) is 29.3 Å². The molecule has 1 aliphatic heterocycles. The van der Waals surface area contributed by atoms with Gasteiger partial charge in [0.15, 0.2) is 5.78 Å². The minimum atomic E-state index is -0.776. The minimum absolute atomic E-state index is 0.0299. The highest BCUT2D eigenvalue weighted by Crippen LogP contribution is 2.39. The van der Waals surface area contributed by atoms with Crippen LogP contribution in [0, 0.1) is 27.9 Å². The Morgan fingerprint density at radius 1 is 1.12 bits per heavy atom. The fourth-order valence-electron chi connectivity index (χ4n) is 4.37. The molecule has 1 aliphatic carbocycles. The van der Waals surface area contributed by atoms with E-state index in [1.54, 1.807) is 12.1 Å². The number of ketones is 1. The van der Waals surface area contributed by atoms with Gasteiger partial charge in [0.05, 0.1) is 27.3 Å². The number of allylic oxidation sites excluding steroid dienone is 2. The highest BCUT2D eigenvalue weighted by molar-refractivity contribution is 6.34. The Bertz CT molecular complexity index is 1230. The molecule has 10 heteroatoms. The molecule has 0 spiro atoms. The quantitative estimate of drug-likeness (QED) is 0.204. The van der Waals surface area contributed by atoms with E-state index in [0.29, 0.717) is 6.42 Å². The summed E-state index contributed by atoms with van der Waals surface area (Å²) in [5.41, 5.74) is -0.0765. The molecule has 34 heavy (non-hydrogen) atoms. The average Bonchev–Trinajstić information content (AvgIpc) is 3.08. The molecule has 1 saturated heterocycles. The zero-order valence-corrected chi connectivity index (χ0v) is 18.8. The summed E-state index contributed by atoms with van der Waals surface area (Å²) < 4.78 is 0. The highest BCUT2D eigenvalue weighted by Gasteiger charge is 2.53. The summed E-state index contributed by atoms with van der Waals surface area (Å²) in [5, 5.41) is 12.6. The lowest BCUT2D eigenvalue weighted by Crippen LogP contribution is -2.52. The van der Waals surface area contributed by atoms with Crippen molar-refractivity contribution in [3.05, 3.63) is 86.9 Å². The van der Waals surface area contributed by atoms with Crippen LogP contribution in [0.1, 0.15) is 34.1 Å². The largest absolute Gasteiger partial charge is 0.292 e. The SMILES string of the molecule is C[C@@H]1C=CC[C@H]2C(=O)N(N(CC(=O)c3ccc([N+](=O)[O-])cc3)C(=O)c3ccccc3Cl)C(=O)[C@H]12. The number of rotatable bonds is 6.